The van der Waals surface area contributed by atoms with Crippen LogP contribution in [0.5, 0.6) is 0 Å². The van der Waals surface area contributed by atoms with Gasteiger partial charge in [0, 0.05) is 56.8 Å². The molecule has 9 nitrogen and oxygen atoms in total. The van der Waals surface area contributed by atoms with E-state index in [9.17, 15) is 4.79 Å². The number of aromatic amines is 1. The molecule has 36 heavy (non-hydrogen) atoms. The van der Waals surface area contributed by atoms with Crippen molar-refractivity contribution in [2.24, 2.45) is 0 Å². The Morgan fingerprint density at radius 3 is 2.56 bits per heavy atom. The van der Waals surface area contributed by atoms with E-state index in [2.05, 4.69) is 26.9 Å². The minimum atomic E-state index is 0.0260. The third-order valence-electron chi connectivity index (χ3n) is 7.07. The summed E-state index contributed by atoms with van der Waals surface area (Å²) in [6.45, 7) is 6.60. The van der Waals surface area contributed by atoms with Crippen LogP contribution in [0.2, 0.25) is 0 Å². The van der Waals surface area contributed by atoms with Crippen molar-refractivity contribution < 1.29 is 14.6 Å². The molecule has 0 radical (unpaired) electrons. The molecule has 2 aliphatic rings. The SMILES string of the molecule is O=C(c1ccc2nc(-c3cc4ccccc4nc3N3CCOCC3)[nH]c2c1)N1CCN(CCO)CC1. The Morgan fingerprint density at radius 1 is 0.944 bits per heavy atom. The summed E-state index contributed by atoms with van der Waals surface area (Å²) in [6, 6.07) is 15.9. The number of anilines is 1. The zero-order chi connectivity index (χ0) is 24.5. The lowest BCUT2D eigenvalue weighted by molar-refractivity contribution is 0.0615. The van der Waals surface area contributed by atoms with Crippen molar-refractivity contribution in [1.82, 2.24) is 24.8 Å². The zero-order valence-electron chi connectivity index (χ0n) is 20.2. The summed E-state index contributed by atoms with van der Waals surface area (Å²) in [7, 11) is 0. The van der Waals surface area contributed by atoms with Gasteiger partial charge in [-0.3, -0.25) is 9.69 Å². The number of aliphatic hydroxyl groups excluding tert-OH is 1. The number of ether oxygens (including phenoxy) is 1. The maximum atomic E-state index is 13.2. The maximum absolute atomic E-state index is 13.2. The molecular weight excluding hydrogens is 456 g/mol. The first-order valence-corrected chi connectivity index (χ1v) is 12.5. The van der Waals surface area contributed by atoms with Crippen LogP contribution in [0.15, 0.2) is 48.5 Å². The first-order valence-electron chi connectivity index (χ1n) is 12.5. The molecule has 4 aromatic rings. The van der Waals surface area contributed by atoms with Crippen molar-refractivity contribution in [3.8, 4) is 11.4 Å². The molecule has 4 heterocycles. The molecule has 2 N–H and O–H groups in total. The van der Waals surface area contributed by atoms with Gasteiger partial charge in [0.2, 0.25) is 0 Å². The van der Waals surface area contributed by atoms with Crippen LogP contribution in [-0.4, -0.2) is 101 Å². The van der Waals surface area contributed by atoms with Gasteiger partial charge in [-0.15, -0.1) is 0 Å². The van der Waals surface area contributed by atoms with Crippen LogP contribution in [0, 0.1) is 0 Å². The van der Waals surface area contributed by atoms with Gasteiger partial charge in [0.1, 0.15) is 11.6 Å². The van der Waals surface area contributed by atoms with Crippen molar-refractivity contribution in [3.63, 3.8) is 0 Å². The van der Waals surface area contributed by atoms with Gasteiger partial charge in [-0.1, -0.05) is 18.2 Å². The Hall–Kier alpha value is -3.53. The van der Waals surface area contributed by atoms with E-state index < -0.39 is 0 Å². The van der Waals surface area contributed by atoms with Gasteiger partial charge in [0.25, 0.3) is 5.91 Å². The largest absolute Gasteiger partial charge is 0.395 e. The quantitative estimate of drug-likeness (QED) is 0.447. The number of H-pyrrole nitrogens is 1. The third kappa shape index (κ3) is 4.41. The highest BCUT2D eigenvalue weighted by molar-refractivity contribution is 5.98. The molecule has 2 saturated heterocycles. The average Bonchev–Trinajstić information content (AvgIpc) is 3.36. The van der Waals surface area contributed by atoms with Crippen molar-refractivity contribution in [3.05, 3.63) is 54.1 Å². The number of para-hydroxylation sites is 1. The Bertz CT molecular complexity index is 1390. The highest BCUT2D eigenvalue weighted by Crippen LogP contribution is 2.33. The molecule has 2 aromatic heterocycles. The fraction of sp³-hybridized carbons (Fsp3) is 0.370. The Balaban J connectivity index is 1.32. The Labute approximate surface area is 209 Å². The number of β-amino-alcohol motifs (C(OH)–C–C–N with tert-alkyl or cyclic N) is 1. The lowest BCUT2D eigenvalue weighted by Crippen LogP contribution is -2.49. The topological polar surface area (TPSA) is 97.8 Å². The van der Waals surface area contributed by atoms with E-state index in [0.29, 0.717) is 38.4 Å². The van der Waals surface area contributed by atoms with Gasteiger partial charge in [-0.2, -0.15) is 0 Å². The van der Waals surface area contributed by atoms with E-state index in [1.165, 1.54) is 0 Å². The van der Waals surface area contributed by atoms with Gasteiger partial charge in [-0.05, 0) is 30.3 Å². The first kappa shape index (κ1) is 22.9. The summed E-state index contributed by atoms with van der Waals surface area (Å²) in [6.07, 6.45) is 0. The fourth-order valence-electron chi connectivity index (χ4n) is 5.07. The summed E-state index contributed by atoms with van der Waals surface area (Å²) < 4.78 is 5.56. The number of benzene rings is 2. The van der Waals surface area contributed by atoms with Crippen LogP contribution in [-0.2, 0) is 4.74 Å². The minimum absolute atomic E-state index is 0.0260. The van der Waals surface area contributed by atoms with Gasteiger partial charge in [-0.25, -0.2) is 9.97 Å². The van der Waals surface area contributed by atoms with Gasteiger partial charge < -0.3 is 24.6 Å². The van der Waals surface area contributed by atoms with Crippen LogP contribution >= 0.6 is 0 Å². The lowest BCUT2D eigenvalue weighted by Gasteiger charge is -2.34. The molecule has 0 spiro atoms. The molecule has 2 fully saturated rings. The van der Waals surface area contributed by atoms with Crippen molar-refractivity contribution in [1.29, 1.82) is 0 Å². The number of fused-ring (bicyclic) bond motifs is 2. The maximum Gasteiger partial charge on any atom is 0.254 e. The molecule has 1 amide bonds. The first-order chi connectivity index (χ1) is 17.7. The summed E-state index contributed by atoms with van der Waals surface area (Å²) in [5.74, 6) is 1.66. The lowest BCUT2D eigenvalue weighted by atomic mass is 10.1. The summed E-state index contributed by atoms with van der Waals surface area (Å²) in [5, 5.41) is 10.2. The number of hydrogen-bond acceptors (Lipinski definition) is 7. The number of aliphatic hydroxyl groups is 1. The highest BCUT2D eigenvalue weighted by atomic mass is 16.5. The molecule has 2 aromatic carbocycles. The van der Waals surface area contributed by atoms with Crippen LogP contribution in [0.1, 0.15) is 10.4 Å². The predicted molar refractivity (Wildman–Crippen MR) is 139 cm³/mol. The van der Waals surface area contributed by atoms with Crippen LogP contribution in [0.4, 0.5) is 5.82 Å². The number of piperazine rings is 1. The van der Waals surface area contributed by atoms with Gasteiger partial charge in [0.05, 0.1) is 41.9 Å². The number of morpholine rings is 1. The smallest absolute Gasteiger partial charge is 0.254 e. The highest BCUT2D eigenvalue weighted by Gasteiger charge is 2.23. The second kappa shape index (κ2) is 9.85. The third-order valence-corrected chi connectivity index (χ3v) is 7.07. The molecule has 0 bridgehead atoms. The molecule has 2 aliphatic heterocycles. The normalized spacial score (nSPS) is 17.2. The Morgan fingerprint density at radius 2 is 1.75 bits per heavy atom. The molecule has 0 saturated carbocycles. The minimum Gasteiger partial charge on any atom is -0.395 e. The summed E-state index contributed by atoms with van der Waals surface area (Å²) >= 11 is 0. The molecule has 0 atom stereocenters. The molecule has 0 aliphatic carbocycles. The summed E-state index contributed by atoms with van der Waals surface area (Å²) in [4.78, 5) is 32.8. The van der Waals surface area contributed by atoms with E-state index >= 15 is 0 Å². The average molecular weight is 487 g/mol. The van der Waals surface area contributed by atoms with Crippen molar-refractivity contribution in [2.75, 3.05) is 70.5 Å². The number of carbonyl (C=O) groups excluding carboxylic acids is 1. The second-order valence-corrected chi connectivity index (χ2v) is 9.33. The molecule has 6 rings (SSSR count). The van der Waals surface area contributed by atoms with Crippen molar-refractivity contribution in [2.45, 2.75) is 0 Å². The zero-order valence-corrected chi connectivity index (χ0v) is 20.2. The number of rotatable bonds is 5. The number of aromatic nitrogens is 3. The van der Waals surface area contributed by atoms with E-state index in [0.717, 1.165) is 65.3 Å². The monoisotopic (exact) mass is 486 g/mol. The van der Waals surface area contributed by atoms with Crippen LogP contribution in [0.3, 0.4) is 0 Å². The number of imidazole rings is 1. The number of hydrogen-bond donors (Lipinski definition) is 2. The van der Waals surface area contributed by atoms with Crippen LogP contribution in [0.25, 0.3) is 33.3 Å². The second-order valence-electron chi connectivity index (χ2n) is 9.33. The number of carbonyl (C=O) groups is 1. The van der Waals surface area contributed by atoms with E-state index in [4.69, 9.17) is 19.8 Å². The fourth-order valence-corrected chi connectivity index (χ4v) is 5.07. The number of nitrogens with one attached hydrogen (secondary N) is 1. The molecule has 9 heteroatoms. The van der Waals surface area contributed by atoms with Gasteiger partial charge in [0.15, 0.2) is 0 Å². The van der Waals surface area contributed by atoms with E-state index in [-0.39, 0.29) is 12.5 Å². The molecule has 186 valence electrons. The molecule has 0 unspecified atom stereocenters. The number of amides is 1. The molecular formula is C27H30N6O3. The Kier molecular flexibility index (Phi) is 6.27. The van der Waals surface area contributed by atoms with Crippen molar-refractivity contribution >= 4 is 33.7 Å². The standard InChI is InChI=1S/C27H30N6O3/c34-14-11-31-7-9-33(10-8-31)27(35)20-5-6-23-24(18-20)29-25(28-23)21-17-19-3-1-2-4-22(19)30-26(21)32-12-15-36-16-13-32/h1-6,17-18,34H,7-16H2,(H,28,29). The summed E-state index contributed by atoms with van der Waals surface area (Å²) in [5.41, 5.74) is 4.19. The van der Waals surface area contributed by atoms with Gasteiger partial charge >= 0.3 is 0 Å². The van der Waals surface area contributed by atoms with E-state index in [1.807, 2.05) is 41.3 Å². The van der Waals surface area contributed by atoms with E-state index in [1.54, 1.807) is 0 Å². The number of pyridine rings is 1. The number of nitrogens with zero attached hydrogens (tertiary/aromatic N) is 5. The van der Waals surface area contributed by atoms with Crippen LogP contribution < -0.4 is 4.90 Å². The predicted octanol–water partition coefficient (Wildman–Crippen LogP) is 2.36.